The lowest BCUT2D eigenvalue weighted by atomic mass is 10.2. The second-order valence-corrected chi connectivity index (χ2v) is 9.12. The molecule has 1 N–H and O–H groups in total. The van der Waals surface area contributed by atoms with Gasteiger partial charge in [-0.2, -0.15) is 4.31 Å². The van der Waals surface area contributed by atoms with Crippen molar-refractivity contribution >= 4 is 21.8 Å². The minimum Gasteiger partial charge on any atom is -0.492 e. The molecular formula is C25H28N2O5S. The average molecular weight is 469 g/mol. The number of sulfonamides is 1. The van der Waals surface area contributed by atoms with Crippen LogP contribution in [0.15, 0.2) is 83.8 Å². The van der Waals surface area contributed by atoms with E-state index in [2.05, 4.69) is 5.32 Å². The van der Waals surface area contributed by atoms with Gasteiger partial charge in [-0.05, 0) is 43.2 Å². The molecule has 0 aliphatic carbocycles. The van der Waals surface area contributed by atoms with E-state index < -0.39 is 16.1 Å². The number of carbonyl (C=O) groups is 1. The summed E-state index contributed by atoms with van der Waals surface area (Å²) in [5.41, 5.74) is 1.97. The van der Waals surface area contributed by atoms with Crippen molar-refractivity contribution in [3.05, 3.63) is 90.0 Å². The fourth-order valence-electron chi connectivity index (χ4n) is 3.27. The lowest BCUT2D eigenvalue weighted by Crippen LogP contribution is -2.30. The van der Waals surface area contributed by atoms with E-state index in [1.807, 2.05) is 60.7 Å². The monoisotopic (exact) mass is 468 g/mol. The van der Waals surface area contributed by atoms with Gasteiger partial charge in [0.25, 0.3) is 0 Å². The molecule has 0 radical (unpaired) electrons. The Balaban J connectivity index is 1.99. The molecule has 174 valence electrons. The predicted molar refractivity (Wildman–Crippen MR) is 128 cm³/mol. The van der Waals surface area contributed by atoms with Crippen molar-refractivity contribution in [2.45, 2.75) is 31.8 Å². The van der Waals surface area contributed by atoms with Gasteiger partial charge in [0.15, 0.2) is 0 Å². The van der Waals surface area contributed by atoms with E-state index in [9.17, 15) is 13.2 Å². The molecule has 0 spiro atoms. The molecule has 3 aromatic carbocycles. The van der Waals surface area contributed by atoms with E-state index in [0.717, 1.165) is 11.1 Å². The molecule has 0 aliphatic rings. The van der Waals surface area contributed by atoms with Crippen molar-refractivity contribution in [3.63, 3.8) is 0 Å². The highest BCUT2D eigenvalue weighted by molar-refractivity contribution is 7.89. The number of rotatable bonds is 10. The van der Waals surface area contributed by atoms with Gasteiger partial charge in [0.05, 0.1) is 23.8 Å². The number of hydrogen-bond acceptors (Lipinski definition) is 5. The molecule has 3 aromatic rings. The molecule has 0 aliphatic heterocycles. The number of carbonyl (C=O) groups excluding carboxylic acids is 1. The zero-order chi connectivity index (χ0) is 23.7. The van der Waals surface area contributed by atoms with Crippen molar-refractivity contribution in [2.75, 3.05) is 18.5 Å². The summed E-state index contributed by atoms with van der Waals surface area (Å²) in [6, 6.07) is 23.3. The van der Waals surface area contributed by atoms with Crippen LogP contribution < -0.4 is 10.1 Å². The largest absolute Gasteiger partial charge is 0.492 e. The van der Waals surface area contributed by atoms with Crippen molar-refractivity contribution in [2.24, 2.45) is 0 Å². The molecular weight excluding hydrogens is 440 g/mol. The van der Waals surface area contributed by atoms with Crippen LogP contribution in [-0.2, 0) is 27.8 Å². The van der Waals surface area contributed by atoms with Crippen LogP contribution in [0.4, 0.5) is 10.5 Å². The van der Waals surface area contributed by atoms with Crippen molar-refractivity contribution in [3.8, 4) is 5.75 Å². The highest BCUT2D eigenvalue weighted by Gasteiger charge is 2.26. The number of ether oxygens (including phenoxy) is 2. The zero-order valence-electron chi connectivity index (χ0n) is 18.7. The second-order valence-electron chi connectivity index (χ2n) is 7.18. The van der Waals surface area contributed by atoms with Gasteiger partial charge in [0, 0.05) is 13.1 Å². The quantitative estimate of drug-likeness (QED) is 0.450. The topological polar surface area (TPSA) is 84.9 Å². The Morgan fingerprint density at radius 3 is 1.94 bits per heavy atom. The molecule has 1 amide bonds. The maximum atomic E-state index is 13.7. The van der Waals surface area contributed by atoms with E-state index in [4.69, 9.17) is 9.47 Å². The van der Waals surface area contributed by atoms with Gasteiger partial charge in [-0.3, -0.25) is 5.32 Å². The summed E-state index contributed by atoms with van der Waals surface area (Å²) in [6.07, 6.45) is -0.682. The summed E-state index contributed by atoms with van der Waals surface area (Å²) in [6.45, 7) is 4.44. The lowest BCUT2D eigenvalue weighted by Gasteiger charge is -2.23. The number of nitrogens with one attached hydrogen (secondary N) is 1. The third kappa shape index (κ3) is 6.57. The minimum atomic E-state index is -3.91. The Morgan fingerprint density at radius 2 is 1.42 bits per heavy atom. The number of amides is 1. The SMILES string of the molecule is CCOC(=O)Nc1cc(S(=O)(=O)N(Cc2ccccc2)Cc2ccccc2)ccc1OCC. The number of benzene rings is 3. The molecule has 0 bridgehead atoms. The Labute approximate surface area is 195 Å². The fourth-order valence-corrected chi connectivity index (χ4v) is 4.72. The molecule has 0 fully saturated rings. The van der Waals surface area contributed by atoms with Crippen LogP contribution in [0, 0.1) is 0 Å². The smallest absolute Gasteiger partial charge is 0.411 e. The van der Waals surface area contributed by atoms with E-state index in [1.165, 1.54) is 16.4 Å². The Hall–Kier alpha value is -3.36. The molecule has 33 heavy (non-hydrogen) atoms. The number of anilines is 1. The lowest BCUT2D eigenvalue weighted by molar-refractivity contribution is 0.167. The van der Waals surface area contributed by atoms with Gasteiger partial charge in [0.1, 0.15) is 5.75 Å². The summed E-state index contributed by atoms with van der Waals surface area (Å²) in [5, 5.41) is 2.58. The third-order valence-electron chi connectivity index (χ3n) is 4.80. The molecule has 3 rings (SSSR count). The van der Waals surface area contributed by atoms with Crippen molar-refractivity contribution < 1.29 is 22.7 Å². The van der Waals surface area contributed by atoms with Crippen molar-refractivity contribution in [1.29, 1.82) is 0 Å². The first kappa shape index (κ1) is 24.3. The zero-order valence-corrected chi connectivity index (χ0v) is 19.5. The van der Waals surface area contributed by atoms with E-state index in [1.54, 1.807) is 19.9 Å². The number of hydrogen-bond donors (Lipinski definition) is 1. The van der Waals surface area contributed by atoms with Gasteiger partial charge in [-0.1, -0.05) is 60.7 Å². The summed E-state index contributed by atoms with van der Waals surface area (Å²) in [4.78, 5) is 12.0. The van der Waals surface area contributed by atoms with E-state index in [-0.39, 0.29) is 30.3 Å². The Kier molecular flexibility index (Phi) is 8.46. The molecule has 0 atom stereocenters. The standard InChI is InChI=1S/C25H28N2O5S/c1-3-31-24-16-15-22(17-23(24)26-25(28)32-4-2)33(29,30)27(18-20-11-7-5-8-12-20)19-21-13-9-6-10-14-21/h5-17H,3-4,18-19H2,1-2H3,(H,26,28). The maximum absolute atomic E-state index is 13.7. The first-order chi connectivity index (χ1) is 15.9. The second kappa shape index (κ2) is 11.5. The third-order valence-corrected chi connectivity index (χ3v) is 6.59. The molecule has 0 unspecified atom stereocenters. The average Bonchev–Trinajstić information content (AvgIpc) is 2.81. The van der Waals surface area contributed by atoms with Gasteiger partial charge in [-0.15, -0.1) is 0 Å². The van der Waals surface area contributed by atoms with Gasteiger partial charge < -0.3 is 9.47 Å². The number of nitrogens with zero attached hydrogens (tertiary/aromatic N) is 1. The van der Waals surface area contributed by atoms with Crippen molar-refractivity contribution in [1.82, 2.24) is 4.31 Å². The van der Waals surface area contributed by atoms with Gasteiger partial charge in [-0.25, -0.2) is 13.2 Å². The molecule has 8 heteroatoms. The van der Waals surface area contributed by atoms with Gasteiger partial charge in [0.2, 0.25) is 10.0 Å². The minimum absolute atomic E-state index is 0.0459. The Morgan fingerprint density at radius 1 is 0.848 bits per heavy atom. The highest BCUT2D eigenvalue weighted by Crippen LogP contribution is 2.30. The normalized spacial score (nSPS) is 11.2. The summed E-state index contributed by atoms with van der Waals surface area (Å²) >= 11 is 0. The molecule has 0 saturated heterocycles. The predicted octanol–water partition coefficient (Wildman–Crippen LogP) is 5.04. The van der Waals surface area contributed by atoms with E-state index in [0.29, 0.717) is 12.4 Å². The summed E-state index contributed by atoms with van der Waals surface area (Å²) in [5.74, 6) is 0.363. The Bertz CT molecular complexity index is 1110. The van der Waals surface area contributed by atoms with Crippen LogP contribution in [0.2, 0.25) is 0 Å². The molecule has 0 saturated carbocycles. The van der Waals surface area contributed by atoms with Crippen LogP contribution in [0.25, 0.3) is 0 Å². The van der Waals surface area contributed by atoms with Crippen LogP contribution in [0.5, 0.6) is 5.75 Å². The molecule has 7 nitrogen and oxygen atoms in total. The summed E-state index contributed by atoms with van der Waals surface area (Å²) < 4.78 is 39.3. The molecule has 0 aromatic heterocycles. The fraction of sp³-hybridized carbons (Fsp3) is 0.240. The maximum Gasteiger partial charge on any atom is 0.411 e. The first-order valence-electron chi connectivity index (χ1n) is 10.7. The van der Waals surface area contributed by atoms with Crippen LogP contribution in [0.1, 0.15) is 25.0 Å². The van der Waals surface area contributed by atoms with Crippen LogP contribution >= 0.6 is 0 Å². The first-order valence-corrected chi connectivity index (χ1v) is 12.2. The summed E-state index contributed by atoms with van der Waals surface area (Å²) in [7, 11) is -3.91. The highest BCUT2D eigenvalue weighted by atomic mass is 32.2. The van der Waals surface area contributed by atoms with Crippen LogP contribution in [0.3, 0.4) is 0 Å². The van der Waals surface area contributed by atoms with Gasteiger partial charge >= 0.3 is 6.09 Å². The van der Waals surface area contributed by atoms with Crippen LogP contribution in [-0.4, -0.2) is 32.0 Å². The van der Waals surface area contributed by atoms with E-state index >= 15 is 0 Å². The molecule has 0 heterocycles.